The fourth-order valence-corrected chi connectivity index (χ4v) is 2.24. The molecular weight excluding hydrogens is 218 g/mol. The number of nitrogens with zero attached hydrogens (tertiary/aromatic N) is 1. The monoisotopic (exact) mass is 249 g/mol. The van der Waals surface area contributed by atoms with Gasteiger partial charge in [-0.1, -0.05) is 83.6 Å². The molecular formula is C17H31N. The van der Waals surface area contributed by atoms with Crippen molar-refractivity contribution in [3.8, 4) is 6.07 Å². The average molecular weight is 249 g/mol. The van der Waals surface area contributed by atoms with Crippen LogP contribution in [0.4, 0.5) is 0 Å². The summed E-state index contributed by atoms with van der Waals surface area (Å²) in [5.41, 5.74) is 0. The summed E-state index contributed by atoms with van der Waals surface area (Å²) in [5, 5.41) is 8.32. The van der Waals surface area contributed by atoms with Crippen LogP contribution in [0.25, 0.3) is 0 Å². The van der Waals surface area contributed by atoms with E-state index >= 15 is 0 Å². The maximum atomic E-state index is 8.32. The Bertz CT molecular complexity index is 212. The molecule has 0 aliphatic carbocycles. The third kappa shape index (κ3) is 15.2. The van der Waals surface area contributed by atoms with Crippen molar-refractivity contribution < 1.29 is 0 Å². The average Bonchev–Trinajstić information content (AvgIpc) is 2.39. The normalized spacial score (nSPS) is 10.9. The topological polar surface area (TPSA) is 23.8 Å². The Balaban J connectivity index is 2.95. The van der Waals surface area contributed by atoms with Gasteiger partial charge < -0.3 is 0 Å². The van der Waals surface area contributed by atoms with Crippen molar-refractivity contribution in [3.63, 3.8) is 0 Å². The molecule has 0 aliphatic heterocycles. The minimum atomic E-state index is 1.07. The number of rotatable bonds is 13. The smallest absolute Gasteiger partial charge is 0.0908 e. The molecule has 0 saturated heterocycles. The highest BCUT2D eigenvalue weighted by molar-refractivity contribution is 5.01. The quantitative estimate of drug-likeness (QED) is 0.283. The van der Waals surface area contributed by atoms with E-state index in [1.165, 1.54) is 77.0 Å². The van der Waals surface area contributed by atoms with Crippen LogP contribution in [0.15, 0.2) is 12.2 Å². The molecule has 0 aliphatic rings. The Morgan fingerprint density at radius 2 is 1.17 bits per heavy atom. The molecule has 0 fully saturated rings. The Labute approximate surface area is 114 Å². The lowest BCUT2D eigenvalue weighted by Crippen LogP contribution is -1.82. The molecule has 0 saturated carbocycles. The van der Waals surface area contributed by atoms with Gasteiger partial charge in [0.2, 0.25) is 0 Å². The van der Waals surface area contributed by atoms with Gasteiger partial charge in [-0.15, -0.1) is 0 Å². The van der Waals surface area contributed by atoms with Crippen molar-refractivity contribution in [1.82, 2.24) is 0 Å². The summed E-state index contributed by atoms with van der Waals surface area (Å²) >= 11 is 0. The first-order valence-electron chi connectivity index (χ1n) is 7.96. The highest BCUT2D eigenvalue weighted by atomic mass is 14.2. The second-order valence-electron chi connectivity index (χ2n) is 5.21. The SMILES string of the molecule is CCCCCCCCCCCCCCC=CC#N. The zero-order chi connectivity index (χ0) is 13.3. The van der Waals surface area contributed by atoms with Gasteiger partial charge in [0.1, 0.15) is 0 Å². The Morgan fingerprint density at radius 1 is 0.722 bits per heavy atom. The summed E-state index contributed by atoms with van der Waals surface area (Å²) < 4.78 is 0. The zero-order valence-electron chi connectivity index (χ0n) is 12.3. The first-order valence-corrected chi connectivity index (χ1v) is 7.96. The van der Waals surface area contributed by atoms with Crippen LogP contribution >= 0.6 is 0 Å². The van der Waals surface area contributed by atoms with Gasteiger partial charge in [0.15, 0.2) is 0 Å². The van der Waals surface area contributed by atoms with Crippen molar-refractivity contribution in [2.24, 2.45) is 0 Å². The van der Waals surface area contributed by atoms with E-state index in [-0.39, 0.29) is 0 Å². The third-order valence-electron chi connectivity index (χ3n) is 3.42. The second-order valence-corrected chi connectivity index (χ2v) is 5.21. The van der Waals surface area contributed by atoms with Crippen LogP contribution in [0.2, 0.25) is 0 Å². The van der Waals surface area contributed by atoms with E-state index in [2.05, 4.69) is 6.92 Å². The fraction of sp³-hybridized carbons (Fsp3) is 0.824. The minimum Gasteiger partial charge on any atom is -0.193 e. The summed E-state index contributed by atoms with van der Waals surface area (Å²) in [6.07, 6.45) is 21.4. The van der Waals surface area contributed by atoms with E-state index in [9.17, 15) is 0 Å². The molecule has 0 atom stereocenters. The number of allylic oxidation sites excluding steroid dienone is 2. The van der Waals surface area contributed by atoms with Crippen LogP contribution in [0.1, 0.15) is 90.4 Å². The van der Waals surface area contributed by atoms with Gasteiger partial charge >= 0.3 is 0 Å². The van der Waals surface area contributed by atoms with Crippen LogP contribution in [0, 0.1) is 11.3 Å². The van der Waals surface area contributed by atoms with Crippen molar-refractivity contribution >= 4 is 0 Å². The maximum absolute atomic E-state index is 8.32. The Kier molecular flexibility index (Phi) is 15.5. The van der Waals surface area contributed by atoms with Crippen LogP contribution in [-0.4, -0.2) is 0 Å². The molecule has 1 heteroatoms. The fourth-order valence-electron chi connectivity index (χ4n) is 2.24. The molecule has 0 unspecified atom stereocenters. The van der Waals surface area contributed by atoms with Crippen LogP contribution in [0.5, 0.6) is 0 Å². The lowest BCUT2D eigenvalue weighted by molar-refractivity contribution is 0.545. The molecule has 0 rings (SSSR count). The van der Waals surface area contributed by atoms with Crippen molar-refractivity contribution in [3.05, 3.63) is 12.2 Å². The number of nitriles is 1. The second kappa shape index (κ2) is 16.2. The molecule has 0 amide bonds. The molecule has 0 bridgehead atoms. The number of unbranched alkanes of at least 4 members (excludes halogenated alkanes) is 12. The largest absolute Gasteiger partial charge is 0.193 e. The highest BCUT2D eigenvalue weighted by Crippen LogP contribution is 2.12. The minimum absolute atomic E-state index is 1.07. The summed E-state index contributed by atoms with van der Waals surface area (Å²) in [5.74, 6) is 0. The zero-order valence-corrected chi connectivity index (χ0v) is 12.3. The van der Waals surface area contributed by atoms with Gasteiger partial charge in [0.25, 0.3) is 0 Å². The van der Waals surface area contributed by atoms with Gasteiger partial charge in [-0.2, -0.15) is 5.26 Å². The van der Waals surface area contributed by atoms with Gasteiger partial charge in [0, 0.05) is 6.08 Å². The molecule has 0 aromatic rings. The summed E-state index contributed by atoms with van der Waals surface area (Å²) in [7, 11) is 0. The lowest BCUT2D eigenvalue weighted by Gasteiger charge is -2.02. The van der Waals surface area contributed by atoms with E-state index in [4.69, 9.17) is 5.26 Å². The van der Waals surface area contributed by atoms with Crippen molar-refractivity contribution in [1.29, 1.82) is 5.26 Å². The summed E-state index contributed by atoms with van der Waals surface area (Å²) in [4.78, 5) is 0. The standard InChI is InChI=1S/C17H31N/c1-2-3-4-5-6-7-8-9-10-11-12-13-14-15-16-17-18/h15-16H,2-14H2,1H3. The third-order valence-corrected chi connectivity index (χ3v) is 3.42. The molecule has 0 aromatic carbocycles. The number of hydrogen-bond donors (Lipinski definition) is 0. The Hall–Kier alpha value is -0.770. The molecule has 18 heavy (non-hydrogen) atoms. The van der Waals surface area contributed by atoms with Crippen LogP contribution in [0.3, 0.4) is 0 Å². The first-order chi connectivity index (χ1) is 8.91. The number of hydrogen-bond acceptors (Lipinski definition) is 1. The predicted octanol–water partition coefficient (Wildman–Crippen LogP) is 6.16. The van der Waals surface area contributed by atoms with Gasteiger partial charge in [0.05, 0.1) is 6.07 Å². The van der Waals surface area contributed by atoms with E-state index in [0.29, 0.717) is 0 Å². The van der Waals surface area contributed by atoms with Gasteiger partial charge in [-0.3, -0.25) is 0 Å². The molecule has 0 spiro atoms. The van der Waals surface area contributed by atoms with Crippen molar-refractivity contribution in [2.45, 2.75) is 90.4 Å². The summed E-state index contributed by atoms with van der Waals surface area (Å²) in [6, 6.07) is 2.03. The van der Waals surface area contributed by atoms with Crippen LogP contribution in [-0.2, 0) is 0 Å². The summed E-state index contributed by atoms with van der Waals surface area (Å²) in [6.45, 7) is 2.27. The van der Waals surface area contributed by atoms with Gasteiger partial charge in [-0.05, 0) is 12.8 Å². The molecule has 0 radical (unpaired) electrons. The predicted molar refractivity (Wildman–Crippen MR) is 80.4 cm³/mol. The van der Waals surface area contributed by atoms with E-state index in [0.717, 1.165) is 6.42 Å². The highest BCUT2D eigenvalue weighted by Gasteiger charge is 1.92. The molecule has 0 aromatic heterocycles. The first kappa shape index (κ1) is 17.2. The molecule has 0 heterocycles. The Morgan fingerprint density at radius 3 is 1.61 bits per heavy atom. The lowest BCUT2D eigenvalue weighted by atomic mass is 10.0. The van der Waals surface area contributed by atoms with E-state index in [1.54, 1.807) is 6.08 Å². The molecule has 104 valence electrons. The van der Waals surface area contributed by atoms with Gasteiger partial charge in [-0.25, -0.2) is 0 Å². The van der Waals surface area contributed by atoms with Crippen molar-refractivity contribution in [2.75, 3.05) is 0 Å². The maximum Gasteiger partial charge on any atom is 0.0908 e. The van der Waals surface area contributed by atoms with E-state index in [1.807, 2.05) is 12.1 Å². The van der Waals surface area contributed by atoms with E-state index < -0.39 is 0 Å². The molecule has 1 nitrogen and oxygen atoms in total. The van der Waals surface area contributed by atoms with Crippen LogP contribution < -0.4 is 0 Å². The molecule has 0 N–H and O–H groups in total.